The Balaban J connectivity index is 0.000000640. The minimum Gasteiger partial charge on any atom is -0.393 e. The first-order chi connectivity index (χ1) is 3.79. The van der Waals surface area contributed by atoms with Gasteiger partial charge in [0.15, 0.2) is 0 Å². The number of aliphatic hydroxyl groups is 1. The van der Waals surface area contributed by atoms with Crippen LogP contribution < -0.4 is 0 Å². The molecule has 1 unspecified atom stereocenters. The van der Waals surface area contributed by atoms with Crippen molar-refractivity contribution in [2.45, 2.75) is 32.3 Å². The van der Waals surface area contributed by atoms with E-state index < -0.39 is 0 Å². The topological polar surface area (TPSA) is 20.2 Å². The third-order valence-corrected chi connectivity index (χ3v) is 1.61. The summed E-state index contributed by atoms with van der Waals surface area (Å²) < 4.78 is 0. The molecule has 1 radical (unpaired) electrons. The Labute approximate surface area is 69.8 Å². The van der Waals surface area contributed by atoms with Crippen molar-refractivity contribution >= 4 is 0 Å². The van der Waals surface area contributed by atoms with E-state index >= 15 is 0 Å². The number of aliphatic hydroxyl groups excluding tert-OH is 1. The molecule has 2 heteroatoms. The van der Waals surface area contributed by atoms with Gasteiger partial charge in [0.1, 0.15) is 0 Å². The molecule has 0 aromatic carbocycles. The largest absolute Gasteiger partial charge is 0.393 e. The molecule has 0 spiro atoms. The fourth-order valence-electron chi connectivity index (χ4n) is 0.951. The fourth-order valence-corrected chi connectivity index (χ4v) is 0.951. The van der Waals surface area contributed by atoms with Crippen LogP contribution in [0.5, 0.6) is 0 Å². The van der Waals surface area contributed by atoms with E-state index in [0.29, 0.717) is 0 Å². The van der Waals surface area contributed by atoms with Gasteiger partial charge in [0.05, 0.1) is 6.10 Å². The Bertz CT molecular complexity index is 109. The van der Waals surface area contributed by atoms with Crippen LogP contribution in [-0.4, -0.2) is 11.2 Å². The molecule has 0 fully saturated rings. The van der Waals surface area contributed by atoms with Crippen molar-refractivity contribution in [3.8, 4) is 0 Å². The Hall–Kier alpha value is 0.362. The molecule has 1 rings (SSSR count). The van der Waals surface area contributed by atoms with Crippen molar-refractivity contribution in [2.24, 2.45) is 0 Å². The van der Waals surface area contributed by atoms with Crippen LogP contribution in [-0.2, 0) is 20.4 Å². The van der Waals surface area contributed by atoms with E-state index in [2.05, 4.69) is 13.0 Å². The van der Waals surface area contributed by atoms with Crippen LogP contribution in [0, 0.1) is 0 Å². The molecule has 0 amide bonds. The molecule has 0 bridgehead atoms. The molecule has 9 heavy (non-hydrogen) atoms. The van der Waals surface area contributed by atoms with Crippen LogP contribution in [0.3, 0.4) is 0 Å². The molecular weight excluding hydrogens is 286 g/mol. The Kier molecular flexibility index (Phi) is 4.39. The van der Waals surface area contributed by atoms with Gasteiger partial charge in [0.2, 0.25) is 0 Å². The third kappa shape index (κ3) is 3.15. The summed E-state index contributed by atoms with van der Waals surface area (Å²) in [4.78, 5) is 0. The smallest absolute Gasteiger partial charge is 0.0577 e. The minimum absolute atomic E-state index is 0. The van der Waals surface area contributed by atoms with Crippen molar-refractivity contribution in [2.75, 3.05) is 0 Å². The van der Waals surface area contributed by atoms with E-state index in [1.165, 1.54) is 5.57 Å². The summed E-state index contributed by atoms with van der Waals surface area (Å²) in [5.41, 5.74) is 1.43. The summed E-state index contributed by atoms with van der Waals surface area (Å²) in [6.45, 7) is 2.12. The maximum Gasteiger partial charge on any atom is 0.0577 e. The zero-order valence-electron chi connectivity index (χ0n) is 5.60. The van der Waals surface area contributed by atoms with Gasteiger partial charge in [-0.1, -0.05) is 11.6 Å². The van der Waals surface area contributed by atoms with Crippen LogP contribution >= 0.6 is 0 Å². The maximum absolute atomic E-state index is 8.98. The van der Waals surface area contributed by atoms with Gasteiger partial charge in [0, 0.05) is 20.4 Å². The summed E-state index contributed by atoms with van der Waals surface area (Å²) >= 11 is 0. The molecule has 0 saturated heterocycles. The van der Waals surface area contributed by atoms with Crippen LogP contribution in [0.1, 0.15) is 26.2 Å². The number of hydrogen-bond donors (Lipinski definition) is 1. The van der Waals surface area contributed by atoms with Crippen molar-refractivity contribution < 1.29 is 25.5 Å². The molecule has 0 aliphatic heterocycles. The van der Waals surface area contributed by atoms with E-state index in [9.17, 15) is 0 Å². The second kappa shape index (κ2) is 4.22. The number of rotatable bonds is 0. The average Bonchev–Trinajstić information content (AvgIpc) is 1.77. The van der Waals surface area contributed by atoms with E-state index in [4.69, 9.17) is 5.11 Å². The van der Waals surface area contributed by atoms with E-state index in [0.717, 1.165) is 19.3 Å². The average molecular weight is 298 g/mol. The zero-order chi connectivity index (χ0) is 5.98. The minimum atomic E-state index is -0.0568. The zero-order valence-corrected chi connectivity index (χ0v) is 8.32. The fraction of sp³-hybridized carbons (Fsp3) is 0.714. The van der Waals surface area contributed by atoms with Crippen LogP contribution in [0.15, 0.2) is 11.6 Å². The Morgan fingerprint density at radius 1 is 1.67 bits per heavy atom. The Morgan fingerprint density at radius 3 is 2.67 bits per heavy atom. The molecule has 1 atom stereocenters. The maximum atomic E-state index is 8.98. The molecule has 0 aromatic rings. The molecule has 1 N–H and O–H groups in total. The molecule has 0 heterocycles. The van der Waals surface area contributed by atoms with Gasteiger partial charge < -0.3 is 5.11 Å². The second-order valence-corrected chi connectivity index (χ2v) is 2.48. The monoisotopic (exact) mass is 299 g/mol. The van der Waals surface area contributed by atoms with Gasteiger partial charge in [-0.3, -0.25) is 0 Å². The molecule has 0 aromatic heterocycles. The molecule has 1 nitrogen and oxygen atoms in total. The molecule has 53 valence electrons. The van der Waals surface area contributed by atoms with E-state index in [1.807, 2.05) is 0 Å². The van der Waals surface area contributed by atoms with Gasteiger partial charge in [-0.15, -0.1) is 0 Å². The SMILES string of the molecule is CC1=CCC(O)CC1.[Re]. The van der Waals surface area contributed by atoms with Gasteiger partial charge >= 0.3 is 0 Å². The summed E-state index contributed by atoms with van der Waals surface area (Å²) in [5, 5.41) is 8.98. The first-order valence-electron chi connectivity index (χ1n) is 3.13. The Morgan fingerprint density at radius 2 is 2.33 bits per heavy atom. The van der Waals surface area contributed by atoms with Crippen molar-refractivity contribution in [1.29, 1.82) is 0 Å². The summed E-state index contributed by atoms with van der Waals surface area (Å²) in [6.07, 6.45) is 4.97. The van der Waals surface area contributed by atoms with Crippen molar-refractivity contribution in [3.05, 3.63) is 11.6 Å². The first-order valence-corrected chi connectivity index (χ1v) is 3.13. The van der Waals surface area contributed by atoms with Crippen LogP contribution in [0.4, 0.5) is 0 Å². The predicted octanol–water partition coefficient (Wildman–Crippen LogP) is 1.48. The summed E-state index contributed by atoms with van der Waals surface area (Å²) in [7, 11) is 0. The number of allylic oxidation sites excluding steroid dienone is 1. The molecular formula is C7H12ORe. The van der Waals surface area contributed by atoms with Crippen LogP contribution in [0.2, 0.25) is 0 Å². The van der Waals surface area contributed by atoms with E-state index in [-0.39, 0.29) is 26.5 Å². The van der Waals surface area contributed by atoms with E-state index in [1.54, 1.807) is 0 Å². The molecule has 0 saturated carbocycles. The van der Waals surface area contributed by atoms with Gasteiger partial charge in [-0.05, 0) is 26.2 Å². The third-order valence-electron chi connectivity index (χ3n) is 1.61. The molecule has 1 aliphatic carbocycles. The first kappa shape index (κ1) is 9.36. The standard InChI is InChI=1S/C7H12O.Re/c1-6-2-4-7(8)5-3-6;/h2,7-8H,3-5H2,1H3;. The predicted molar refractivity (Wildman–Crippen MR) is 33.6 cm³/mol. The normalized spacial score (nSPS) is 26.4. The second-order valence-electron chi connectivity index (χ2n) is 2.48. The van der Waals surface area contributed by atoms with Gasteiger partial charge in [-0.25, -0.2) is 0 Å². The molecule has 1 aliphatic rings. The summed E-state index contributed by atoms with van der Waals surface area (Å²) in [5.74, 6) is 0. The van der Waals surface area contributed by atoms with Gasteiger partial charge in [0.25, 0.3) is 0 Å². The summed E-state index contributed by atoms with van der Waals surface area (Å²) in [6, 6.07) is 0. The number of hydrogen-bond acceptors (Lipinski definition) is 1. The van der Waals surface area contributed by atoms with Crippen molar-refractivity contribution in [1.82, 2.24) is 0 Å². The van der Waals surface area contributed by atoms with Crippen LogP contribution in [0.25, 0.3) is 0 Å². The quantitative estimate of drug-likeness (QED) is 0.672. The van der Waals surface area contributed by atoms with Crippen molar-refractivity contribution in [3.63, 3.8) is 0 Å². The van der Waals surface area contributed by atoms with Gasteiger partial charge in [-0.2, -0.15) is 0 Å².